The number of hydrogen-bond acceptors (Lipinski definition) is 8. The van der Waals surface area contributed by atoms with Gasteiger partial charge in [0, 0.05) is 5.56 Å². The molecule has 3 rings (SSSR count). The van der Waals surface area contributed by atoms with E-state index in [1.54, 1.807) is 24.3 Å². The minimum Gasteiger partial charge on any atom is -0.493 e. The molecule has 3 aromatic rings. The maximum Gasteiger partial charge on any atom is 0.339 e. The van der Waals surface area contributed by atoms with Crippen molar-refractivity contribution >= 4 is 22.7 Å². The highest BCUT2D eigenvalue weighted by Crippen LogP contribution is 2.46. The van der Waals surface area contributed by atoms with Crippen molar-refractivity contribution < 1.29 is 43.1 Å². The SMILES string of the molecule is COC(=O)c1c(C(=O)O)cc2cc(OC)c(OC)cc2c1-c1cc(OC)c(OC)c(OC)c1. The standard InChI is InChI=1S/C24H24O9/c1-28-16-8-12-7-15(23(25)26)21(24(27)33-6)20(14(12)11-17(16)29-2)13-9-18(30-3)22(32-5)19(10-13)31-4/h7-11H,1-6H3,(H,25,26). The van der Waals surface area contributed by atoms with Crippen molar-refractivity contribution in [1.29, 1.82) is 0 Å². The largest absolute Gasteiger partial charge is 0.493 e. The van der Waals surface area contributed by atoms with Crippen LogP contribution in [0.3, 0.4) is 0 Å². The van der Waals surface area contributed by atoms with Crippen molar-refractivity contribution in [2.45, 2.75) is 0 Å². The Morgan fingerprint density at radius 2 is 1.24 bits per heavy atom. The van der Waals surface area contributed by atoms with Crippen LogP contribution in [0.25, 0.3) is 21.9 Å². The highest BCUT2D eigenvalue weighted by Gasteiger charge is 2.27. The van der Waals surface area contributed by atoms with Gasteiger partial charge in [0.05, 0.1) is 53.8 Å². The molecule has 0 saturated heterocycles. The van der Waals surface area contributed by atoms with Gasteiger partial charge in [-0.05, 0) is 46.7 Å². The molecular weight excluding hydrogens is 432 g/mol. The topological polar surface area (TPSA) is 110 Å². The highest BCUT2D eigenvalue weighted by molar-refractivity contribution is 6.15. The summed E-state index contributed by atoms with van der Waals surface area (Å²) in [6, 6.07) is 7.97. The first-order valence-electron chi connectivity index (χ1n) is 9.69. The van der Waals surface area contributed by atoms with E-state index in [0.29, 0.717) is 50.6 Å². The molecule has 0 aromatic heterocycles. The van der Waals surface area contributed by atoms with E-state index in [2.05, 4.69) is 0 Å². The Labute approximate surface area is 190 Å². The van der Waals surface area contributed by atoms with Crippen LogP contribution < -0.4 is 23.7 Å². The zero-order chi connectivity index (χ0) is 24.3. The minimum atomic E-state index is -1.29. The molecule has 9 heteroatoms. The van der Waals surface area contributed by atoms with Crippen molar-refractivity contribution in [2.75, 3.05) is 42.7 Å². The van der Waals surface area contributed by atoms with Gasteiger partial charge in [0.1, 0.15) is 0 Å². The Balaban J connectivity index is 2.59. The summed E-state index contributed by atoms with van der Waals surface area (Å²) < 4.78 is 32.1. The molecule has 3 aromatic carbocycles. The molecule has 0 aliphatic rings. The summed E-state index contributed by atoms with van der Waals surface area (Å²) in [4.78, 5) is 25.0. The highest BCUT2D eigenvalue weighted by atomic mass is 16.5. The number of carbonyl (C=O) groups is 2. The van der Waals surface area contributed by atoms with Gasteiger partial charge in [-0.3, -0.25) is 0 Å². The van der Waals surface area contributed by atoms with Crippen LogP contribution in [0.2, 0.25) is 0 Å². The third-order valence-corrected chi connectivity index (χ3v) is 5.22. The monoisotopic (exact) mass is 456 g/mol. The van der Waals surface area contributed by atoms with E-state index in [0.717, 1.165) is 0 Å². The number of fused-ring (bicyclic) bond motifs is 1. The summed E-state index contributed by atoms with van der Waals surface area (Å²) in [5, 5.41) is 11.0. The third kappa shape index (κ3) is 4.05. The Morgan fingerprint density at radius 1 is 0.697 bits per heavy atom. The van der Waals surface area contributed by atoms with Gasteiger partial charge in [0.2, 0.25) is 5.75 Å². The molecule has 0 radical (unpaired) electrons. The van der Waals surface area contributed by atoms with E-state index in [1.165, 1.54) is 48.7 Å². The predicted octanol–water partition coefficient (Wildman–Crippen LogP) is 4.03. The molecule has 33 heavy (non-hydrogen) atoms. The van der Waals surface area contributed by atoms with E-state index in [9.17, 15) is 14.7 Å². The summed E-state index contributed by atoms with van der Waals surface area (Å²) in [5.41, 5.74) is 0.395. The maximum absolute atomic E-state index is 12.9. The van der Waals surface area contributed by atoms with Crippen molar-refractivity contribution in [1.82, 2.24) is 0 Å². The number of carbonyl (C=O) groups excluding carboxylic acids is 1. The molecule has 0 aliphatic heterocycles. The Bertz CT molecular complexity index is 1210. The minimum absolute atomic E-state index is 0.126. The summed E-state index contributed by atoms with van der Waals surface area (Å²) in [7, 11) is 8.54. The molecular formula is C24H24O9. The molecule has 0 aliphatic carbocycles. The van der Waals surface area contributed by atoms with Crippen LogP contribution in [0.4, 0.5) is 0 Å². The Hall–Kier alpha value is -4.14. The normalized spacial score (nSPS) is 10.5. The molecule has 0 unspecified atom stereocenters. The van der Waals surface area contributed by atoms with Crippen molar-refractivity contribution in [2.24, 2.45) is 0 Å². The zero-order valence-corrected chi connectivity index (χ0v) is 19.1. The second-order valence-corrected chi connectivity index (χ2v) is 6.81. The fourth-order valence-electron chi connectivity index (χ4n) is 3.74. The smallest absolute Gasteiger partial charge is 0.339 e. The third-order valence-electron chi connectivity index (χ3n) is 5.22. The first kappa shape index (κ1) is 23.5. The van der Waals surface area contributed by atoms with Crippen LogP contribution in [0.5, 0.6) is 28.7 Å². The van der Waals surface area contributed by atoms with Crippen LogP contribution >= 0.6 is 0 Å². The quantitative estimate of drug-likeness (QED) is 0.502. The molecule has 0 bridgehead atoms. The molecule has 0 fully saturated rings. The van der Waals surface area contributed by atoms with E-state index < -0.39 is 11.9 Å². The number of benzene rings is 3. The van der Waals surface area contributed by atoms with Gasteiger partial charge in [-0.2, -0.15) is 0 Å². The average Bonchev–Trinajstić information content (AvgIpc) is 2.84. The summed E-state index contributed by atoms with van der Waals surface area (Å²) in [6.07, 6.45) is 0. The Morgan fingerprint density at radius 3 is 1.70 bits per heavy atom. The second kappa shape index (κ2) is 9.56. The van der Waals surface area contributed by atoms with Crippen molar-refractivity contribution in [3.63, 3.8) is 0 Å². The fraction of sp³-hybridized carbons (Fsp3) is 0.250. The molecule has 0 saturated carbocycles. The molecule has 0 heterocycles. The van der Waals surface area contributed by atoms with Gasteiger partial charge < -0.3 is 33.5 Å². The molecule has 174 valence electrons. The summed E-state index contributed by atoms with van der Waals surface area (Å²) >= 11 is 0. The fourth-order valence-corrected chi connectivity index (χ4v) is 3.74. The number of ether oxygens (including phenoxy) is 6. The van der Waals surface area contributed by atoms with Crippen molar-refractivity contribution in [3.05, 3.63) is 41.5 Å². The van der Waals surface area contributed by atoms with Gasteiger partial charge in [-0.25, -0.2) is 9.59 Å². The van der Waals surface area contributed by atoms with Gasteiger partial charge >= 0.3 is 11.9 Å². The first-order chi connectivity index (χ1) is 15.8. The maximum atomic E-state index is 12.9. The van der Waals surface area contributed by atoms with Gasteiger partial charge in [-0.1, -0.05) is 0 Å². The Kier molecular flexibility index (Phi) is 6.81. The molecule has 0 atom stereocenters. The number of esters is 1. The number of hydrogen-bond donors (Lipinski definition) is 1. The predicted molar refractivity (Wildman–Crippen MR) is 120 cm³/mol. The second-order valence-electron chi connectivity index (χ2n) is 6.81. The van der Waals surface area contributed by atoms with Gasteiger partial charge in [0.15, 0.2) is 23.0 Å². The lowest BCUT2D eigenvalue weighted by Crippen LogP contribution is -2.13. The first-order valence-corrected chi connectivity index (χ1v) is 9.69. The number of carboxylic acids is 1. The molecule has 9 nitrogen and oxygen atoms in total. The van der Waals surface area contributed by atoms with Crippen LogP contribution in [0.15, 0.2) is 30.3 Å². The summed E-state index contributed by atoms with van der Waals surface area (Å²) in [6.45, 7) is 0. The van der Waals surface area contributed by atoms with Crippen LogP contribution in [0, 0.1) is 0 Å². The van der Waals surface area contributed by atoms with Gasteiger partial charge in [0.25, 0.3) is 0 Å². The van der Waals surface area contributed by atoms with Crippen LogP contribution in [0.1, 0.15) is 20.7 Å². The van der Waals surface area contributed by atoms with E-state index in [-0.39, 0.29) is 11.1 Å². The lowest BCUT2D eigenvalue weighted by atomic mass is 9.89. The molecule has 1 N–H and O–H groups in total. The van der Waals surface area contributed by atoms with Crippen LogP contribution in [-0.4, -0.2) is 59.7 Å². The molecule has 0 spiro atoms. The van der Waals surface area contributed by atoms with Crippen LogP contribution in [-0.2, 0) is 4.74 Å². The number of carboxylic acid groups (broad SMARTS) is 1. The number of methoxy groups -OCH3 is 6. The lowest BCUT2D eigenvalue weighted by molar-refractivity contribution is 0.0584. The number of aromatic carboxylic acids is 1. The van der Waals surface area contributed by atoms with Gasteiger partial charge in [-0.15, -0.1) is 0 Å². The number of rotatable bonds is 8. The van der Waals surface area contributed by atoms with Crippen molar-refractivity contribution in [3.8, 4) is 39.9 Å². The van der Waals surface area contributed by atoms with E-state index >= 15 is 0 Å². The zero-order valence-electron chi connectivity index (χ0n) is 19.1. The van der Waals surface area contributed by atoms with E-state index in [4.69, 9.17) is 28.4 Å². The summed E-state index contributed by atoms with van der Waals surface area (Å²) in [5.74, 6) is -0.287. The lowest BCUT2D eigenvalue weighted by Gasteiger charge is -2.19. The van der Waals surface area contributed by atoms with E-state index in [1.807, 2.05) is 0 Å². The molecule has 0 amide bonds. The average molecular weight is 456 g/mol.